The zero-order valence-corrected chi connectivity index (χ0v) is 10.7. The van der Waals surface area contributed by atoms with Gasteiger partial charge in [-0.15, -0.1) is 0 Å². The van der Waals surface area contributed by atoms with Crippen LogP contribution in [0.4, 0.5) is 5.69 Å². The minimum Gasteiger partial charge on any atom is -0.366 e. The molecule has 2 aliphatic rings. The summed E-state index contributed by atoms with van der Waals surface area (Å²) in [6, 6.07) is 7.52. The number of piperazine rings is 1. The Balaban J connectivity index is 1.96. The van der Waals surface area contributed by atoms with Crippen LogP contribution in [-0.4, -0.2) is 25.7 Å². The number of fused-ring (bicyclic) bond motifs is 1. The first-order valence-electron chi connectivity index (χ1n) is 6.94. The van der Waals surface area contributed by atoms with Crippen LogP contribution >= 0.6 is 0 Å². The van der Waals surface area contributed by atoms with E-state index >= 15 is 0 Å². The third-order valence-corrected chi connectivity index (χ3v) is 4.18. The van der Waals surface area contributed by atoms with Crippen LogP contribution in [0.25, 0.3) is 0 Å². The molecular formula is C15H22N2. The summed E-state index contributed by atoms with van der Waals surface area (Å²) in [4.78, 5) is 2.60. The first-order valence-corrected chi connectivity index (χ1v) is 6.94. The van der Waals surface area contributed by atoms with Gasteiger partial charge in [-0.3, -0.25) is 0 Å². The van der Waals surface area contributed by atoms with Crippen LogP contribution in [0, 0.1) is 0 Å². The molecule has 1 unspecified atom stereocenters. The highest BCUT2D eigenvalue weighted by atomic mass is 15.2. The summed E-state index contributed by atoms with van der Waals surface area (Å²) in [5.41, 5.74) is 4.74. The van der Waals surface area contributed by atoms with Crippen molar-refractivity contribution in [3.8, 4) is 0 Å². The molecule has 92 valence electrons. The first kappa shape index (κ1) is 11.1. The molecular weight excluding hydrogens is 208 g/mol. The van der Waals surface area contributed by atoms with Crippen LogP contribution in [0.1, 0.15) is 30.9 Å². The van der Waals surface area contributed by atoms with Crippen LogP contribution < -0.4 is 10.2 Å². The fraction of sp³-hybridized carbons (Fsp3) is 0.600. The van der Waals surface area contributed by atoms with Crippen molar-refractivity contribution in [1.29, 1.82) is 0 Å². The van der Waals surface area contributed by atoms with Crippen molar-refractivity contribution in [3.05, 3.63) is 29.3 Å². The van der Waals surface area contributed by atoms with Gasteiger partial charge in [0.15, 0.2) is 0 Å². The average molecular weight is 230 g/mol. The highest BCUT2D eigenvalue weighted by Gasteiger charge is 2.22. The second kappa shape index (κ2) is 4.69. The molecule has 1 heterocycles. The van der Waals surface area contributed by atoms with Crippen molar-refractivity contribution in [2.24, 2.45) is 0 Å². The summed E-state index contributed by atoms with van der Waals surface area (Å²) in [6.07, 6.45) is 5.30. The highest BCUT2D eigenvalue weighted by Crippen LogP contribution is 2.31. The quantitative estimate of drug-likeness (QED) is 0.797. The van der Waals surface area contributed by atoms with Crippen LogP contribution in [0.3, 0.4) is 0 Å². The summed E-state index contributed by atoms with van der Waals surface area (Å²) in [5.74, 6) is 0. The highest BCUT2D eigenvalue weighted by molar-refractivity contribution is 5.58. The van der Waals surface area contributed by atoms with E-state index in [4.69, 9.17) is 0 Å². The van der Waals surface area contributed by atoms with Gasteiger partial charge in [0.25, 0.3) is 0 Å². The van der Waals surface area contributed by atoms with Gasteiger partial charge >= 0.3 is 0 Å². The van der Waals surface area contributed by atoms with E-state index < -0.39 is 0 Å². The first-order chi connectivity index (χ1) is 8.36. The van der Waals surface area contributed by atoms with Gasteiger partial charge in [0.2, 0.25) is 0 Å². The second-order valence-corrected chi connectivity index (χ2v) is 5.37. The van der Waals surface area contributed by atoms with Crippen LogP contribution in [0.15, 0.2) is 18.2 Å². The molecule has 1 saturated heterocycles. The van der Waals surface area contributed by atoms with E-state index in [0.717, 1.165) is 19.6 Å². The molecule has 0 spiro atoms. The van der Waals surface area contributed by atoms with E-state index in [1.54, 1.807) is 11.1 Å². The fourth-order valence-electron chi connectivity index (χ4n) is 3.23. The normalized spacial score (nSPS) is 24.5. The summed E-state index contributed by atoms with van der Waals surface area (Å²) in [5, 5.41) is 3.47. The van der Waals surface area contributed by atoms with E-state index in [9.17, 15) is 0 Å². The van der Waals surface area contributed by atoms with Crippen molar-refractivity contribution in [1.82, 2.24) is 5.32 Å². The molecule has 0 saturated carbocycles. The Hall–Kier alpha value is -1.02. The fourth-order valence-corrected chi connectivity index (χ4v) is 3.23. The molecule has 1 atom stereocenters. The van der Waals surface area contributed by atoms with Gasteiger partial charge in [0.05, 0.1) is 0 Å². The van der Waals surface area contributed by atoms with Crippen LogP contribution in [-0.2, 0) is 12.8 Å². The van der Waals surface area contributed by atoms with E-state index in [-0.39, 0.29) is 0 Å². The number of nitrogens with zero attached hydrogens (tertiary/aromatic N) is 1. The maximum atomic E-state index is 3.47. The Labute approximate surface area is 104 Å². The van der Waals surface area contributed by atoms with Gasteiger partial charge in [-0.1, -0.05) is 12.1 Å². The second-order valence-electron chi connectivity index (χ2n) is 5.37. The summed E-state index contributed by atoms with van der Waals surface area (Å²) < 4.78 is 0. The third kappa shape index (κ3) is 2.06. The lowest BCUT2D eigenvalue weighted by atomic mass is 9.89. The maximum absolute atomic E-state index is 3.47. The predicted octanol–water partition coefficient (Wildman–Crippen LogP) is 2.36. The number of hydrogen-bond donors (Lipinski definition) is 1. The van der Waals surface area contributed by atoms with Crippen LogP contribution in [0.2, 0.25) is 0 Å². The molecule has 0 amide bonds. The Morgan fingerprint density at radius 1 is 1.24 bits per heavy atom. The molecule has 1 aliphatic carbocycles. The van der Waals surface area contributed by atoms with Crippen molar-refractivity contribution in [2.45, 2.75) is 38.6 Å². The lowest BCUT2D eigenvalue weighted by molar-refractivity contribution is 0.498. The Morgan fingerprint density at radius 2 is 2.12 bits per heavy atom. The van der Waals surface area contributed by atoms with Gasteiger partial charge in [0.1, 0.15) is 0 Å². The molecule has 0 aromatic heterocycles. The largest absolute Gasteiger partial charge is 0.366 e. The van der Waals surface area contributed by atoms with Crippen molar-refractivity contribution >= 4 is 5.69 Å². The van der Waals surface area contributed by atoms with Gasteiger partial charge in [-0.25, -0.2) is 0 Å². The van der Waals surface area contributed by atoms with E-state index in [2.05, 4.69) is 35.3 Å². The van der Waals surface area contributed by atoms with Crippen molar-refractivity contribution in [3.63, 3.8) is 0 Å². The zero-order chi connectivity index (χ0) is 11.7. The Kier molecular flexibility index (Phi) is 3.06. The Bertz CT molecular complexity index is 400. The molecule has 1 N–H and O–H groups in total. The number of benzene rings is 1. The molecule has 1 aliphatic heterocycles. The molecule has 1 aromatic rings. The van der Waals surface area contributed by atoms with Crippen LogP contribution in [0.5, 0.6) is 0 Å². The predicted molar refractivity (Wildman–Crippen MR) is 72.8 cm³/mol. The SMILES string of the molecule is CC1CNCCN1c1cccc2c1CCCC2. The molecule has 2 heteroatoms. The molecule has 2 nitrogen and oxygen atoms in total. The molecule has 1 fully saturated rings. The monoisotopic (exact) mass is 230 g/mol. The molecule has 17 heavy (non-hydrogen) atoms. The van der Waals surface area contributed by atoms with Gasteiger partial charge in [-0.05, 0) is 49.8 Å². The summed E-state index contributed by atoms with van der Waals surface area (Å²) in [7, 11) is 0. The van der Waals surface area contributed by atoms with Crippen molar-refractivity contribution < 1.29 is 0 Å². The van der Waals surface area contributed by atoms with Gasteiger partial charge in [0, 0.05) is 31.4 Å². The number of hydrogen-bond acceptors (Lipinski definition) is 2. The standard InChI is InChI=1S/C15H22N2/c1-12-11-16-9-10-17(12)15-8-4-6-13-5-2-3-7-14(13)15/h4,6,8,12,16H,2-3,5,7,9-11H2,1H3. The molecule has 1 aromatic carbocycles. The topological polar surface area (TPSA) is 15.3 Å². The van der Waals surface area contributed by atoms with Crippen molar-refractivity contribution in [2.75, 3.05) is 24.5 Å². The number of nitrogens with one attached hydrogen (secondary N) is 1. The molecule has 0 radical (unpaired) electrons. The van der Waals surface area contributed by atoms with E-state index in [0.29, 0.717) is 6.04 Å². The third-order valence-electron chi connectivity index (χ3n) is 4.18. The molecule has 0 bridgehead atoms. The summed E-state index contributed by atoms with van der Waals surface area (Å²) in [6.45, 7) is 5.71. The molecule has 3 rings (SSSR count). The maximum Gasteiger partial charge on any atom is 0.0404 e. The van der Waals surface area contributed by atoms with Gasteiger partial charge in [-0.2, -0.15) is 0 Å². The number of anilines is 1. The lowest BCUT2D eigenvalue weighted by Gasteiger charge is -2.38. The van der Waals surface area contributed by atoms with E-state index in [1.165, 1.54) is 31.4 Å². The lowest BCUT2D eigenvalue weighted by Crippen LogP contribution is -2.50. The summed E-state index contributed by atoms with van der Waals surface area (Å²) >= 11 is 0. The minimum atomic E-state index is 0.622. The minimum absolute atomic E-state index is 0.622. The average Bonchev–Trinajstić information content (AvgIpc) is 2.39. The zero-order valence-electron chi connectivity index (χ0n) is 10.7. The smallest absolute Gasteiger partial charge is 0.0404 e. The van der Waals surface area contributed by atoms with E-state index in [1.807, 2.05) is 0 Å². The number of aryl methyl sites for hydroxylation is 1. The Morgan fingerprint density at radius 3 is 3.00 bits per heavy atom. The number of rotatable bonds is 1. The van der Waals surface area contributed by atoms with Gasteiger partial charge < -0.3 is 10.2 Å².